The van der Waals surface area contributed by atoms with E-state index >= 15 is 0 Å². The molecule has 0 fully saturated rings. The van der Waals surface area contributed by atoms with Gasteiger partial charge >= 0.3 is 0 Å². The number of nitrogens with zero attached hydrogens (tertiary/aromatic N) is 2. The van der Waals surface area contributed by atoms with Crippen molar-refractivity contribution >= 4 is 27.1 Å². The number of aromatic nitrogens is 2. The Hall–Kier alpha value is -3.18. The van der Waals surface area contributed by atoms with Crippen molar-refractivity contribution in [2.75, 3.05) is 0 Å². The molecule has 0 aliphatic carbocycles. The van der Waals surface area contributed by atoms with E-state index in [4.69, 9.17) is 0 Å². The number of hydrogen-bond donors (Lipinski definition) is 1. The van der Waals surface area contributed by atoms with Crippen LogP contribution in [-0.4, -0.2) is 14.7 Å². The van der Waals surface area contributed by atoms with Crippen LogP contribution in [-0.2, 0) is 6.54 Å². The van der Waals surface area contributed by atoms with Crippen LogP contribution in [0.15, 0.2) is 76.6 Å². The molecule has 0 unspecified atom stereocenters. The molecule has 4 nitrogen and oxygen atoms in total. The fraction of sp³-hybridized carbons (Fsp3) is 0.0476. The molecule has 0 amide bonds. The molecule has 0 bridgehead atoms. The highest BCUT2D eigenvalue weighted by Crippen LogP contribution is 2.37. The molecule has 4 aromatic rings. The van der Waals surface area contributed by atoms with Gasteiger partial charge in [-0.25, -0.2) is 0 Å². The van der Waals surface area contributed by atoms with Gasteiger partial charge in [-0.3, -0.25) is 4.79 Å². The third-order valence-corrected chi connectivity index (χ3v) is 5.66. The van der Waals surface area contributed by atoms with Crippen LogP contribution in [0, 0.1) is 0 Å². The largest absolute Gasteiger partial charge is 0.510 e. The number of benzene rings is 2. The van der Waals surface area contributed by atoms with Crippen LogP contribution in [0.5, 0.6) is 0 Å². The second-order valence-electron chi connectivity index (χ2n) is 6.21. The lowest BCUT2D eigenvalue weighted by Crippen LogP contribution is -2.14. The van der Waals surface area contributed by atoms with Crippen molar-refractivity contribution in [3.05, 3.63) is 93.5 Å². The van der Waals surface area contributed by atoms with E-state index in [0.29, 0.717) is 23.3 Å². The molecule has 0 atom stereocenters. The summed E-state index contributed by atoms with van der Waals surface area (Å²) in [5, 5.41) is 13.2. The van der Waals surface area contributed by atoms with Gasteiger partial charge in [-0.05, 0) is 11.1 Å². The molecular formula is C21H14N2O2S. The van der Waals surface area contributed by atoms with E-state index in [0.717, 1.165) is 21.5 Å². The van der Waals surface area contributed by atoms with Gasteiger partial charge in [0.25, 0.3) is 5.56 Å². The Balaban J connectivity index is 1.76. The summed E-state index contributed by atoms with van der Waals surface area (Å²) < 4.78 is 1.94. The van der Waals surface area contributed by atoms with Crippen LogP contribution in [0.3, 0.4) is 0 Å². The lowest BCUT2D eigenvalue weighted by Gasteiger charge is -2.07. The lowest BCUT2D eigenvalue weighted by atomic mass is 10.1. The molecule has 2 aromatic heterocycles. The summed E-state index contributed by atoms with van der Waals surface area (Å²) in [6, 6.07) is 19.4. The Morgan fingerprint density at radius 3 is 2.31 bits per heavy atom. The molecule has 26 heavy (non-hydrogen) atoms. The zero-order valence-corrected chi connectivity index (χ0v) is 14.5. The van der Waals surface area contributed by atoms with Crippen LogP contribution in [0.25, 0.3) is 26.9 Å². The summed E-state index contributed by atoms with van der Waals surface area (Å²) in [5.74, 6) is 0.776. The average Bonchev–Trinajstić information content (AvgIpc) is 3.25. The fourth-order valence-electron chi connectivity index (χ4n) is 3.49. The summed E-state index contributed by atoms with van der Waals surface area (Å²) in [7, 11) is 0. The topological polar surface area (TPSA) is 55.1 Å². The molecule has 5 rings (SSSR count). The summed E-state index contributed by atoms with van der Waals surface area (Å²) in [4.78, 5) is 18.0. The van der Waals surface area contributed by atoms with Crippen LogP contribution in [0.4, 0.5) is 0 Å². The van der Waals surface area contributed by atoms with Gasteiger partial charge in [0.1, 0.15) is 16.4 Å². The predicted octanol–water partition coefficient (Wildman–Crippen LogP) is 4.46. The Morgan fingerprint density at radius 2 is 1.62 bits per heavy atom. The summed E-state index contributed by atoms with van der Waals surface area (Å²) in [5.41, 5.74) is 3.14. The van der Waals surface area contributed by atoms with Crippen molar-refractivity contribution in [2.45, 2.75) is 6.54 Å². The minimum Gasteiger partial charge on any atom is -0.510 e. The molecular weight excluding hydrogens is 344 g/mol. The molecule has 126 valence electrons. The van der Waals surface area contributed by atoms with Crippen molar-refractivity contribution in [3.8, 4) is 11.1 Å². The van der Waals surface area contributed by atoms with Gasteiger partial charge in [-0.2, -0.15) is 4.98 Å². The number of thiophene rings is 1. The summed E-state index contributed by atoms with van der Waals surface area (Å²) >= 11 is 1.51. The molecule has 0 saturated heterocycles. The Labute approximate surface area is 153 Å². The highest BCUT2D eigenvalue weighted by atomic mass is 32.1. The van der Waals surface area contributed by atoms with Crippen LogP contribution in [0.1, 0.15) is 11.4 Å². The molecule has 3 heterocycles. The van der Waals surface area contributed by atoms with Gasteiger partial charge in [0, 0.05) is 10.9 Å². The zero-order valence-electron chi connectivity index (χ0n) is 13.7. The number of allylic oxidation sites excluding steroid dienone is 1. The number of hydrogen-bond acceptors (Lipinski definition) is 4. The summed E-state index contributed by atoms with van der Waals surface area (Å²) in [6.45, 7) is 0.331. The van der Waals surface area contributed by atoms with Gasteiger partial charge in [0.2, 0.25) is 0 Å². The maximum atomic E-state index is 12.9. The highest BCUT2D eigenvalue weighted by molar-refractivity contribution is 7.17. The first-order chi connectivity index (χ1) is 12.7. The number of rotatable bonds is 2. The normalized spacial score (nSPS) is 13.4. The Bertz CT molecular complexity index is 1220. The van der Waals surface area contributed by atoms with Crippen molar-refractivity contribution in [3.63, 3.8) is 0 Å². The second kappa shape index (κ2) is 5.68. The van der Waals surface area contributed by atoms with Gasteiger partial charge in [-0.1, -0.05) is 60.7 Å². The van der Waals surface area contributed by atoms with Gasteiger partial charge < -0.3 is 9.67 Å². The Kier molecular flexibility index (Phi) is 3.30. The van der Waals surface area contributed by atoms with Gasteiger partial charge in [0.05, 0.1) is 17.5 Å². The smallest absolute Gasteiger partial charge is 0.282 e. The summed E-state index contributed by atoms with van der Waals surface area (Å²) in [6.07, 6.45) is 0. The quantitative estimate of drug-likeness (QED) is 0.576. The predicted molar refractivity (Wildman–Crippen MR) is 104 cm³/mol. The maximum Gasteiger partial charge on any atom is 0.282 e. The number of aliphatic hydroxyl groups excluding tert-OH is 1. The molecule has 5 heteroatoms. The molecule has 0 saturated carbocycles. The lowest BCUT2D eigenvalue weighted by molar-refractivity contribution is 0.389. The highest BCUT2D eigenvalue weighted by Gasteiger charge is 2.27. The molecule has 1 aliphatic heterocycles. The fourth-order valence-corrected chi connectivity index (χ4v) is 4.56. The van der Waals surface area contributed by atoms with Crippen LogP contribution < -0.4 is 5.56 Å². The van der Waals surface area contributed by atoms with Crippen molar-refractivity contribution in [1.82, 2.24) is 9.55 Å². The first-order valence-corrected chi connectivity index (χ1v) is 9.17. The van der Waals surface area contributed by atoms with Crippen molar-refractivity contribution < 1.29 is 5.11 Å². The van der Waals surface area contributed by atoms with E-state index in [2.05, 4.69) is 4.98 Å². The molecule has 1 aliphatic rings. The molecule has 0 radical (unpaired) electrons. The zero-order chi connectivity index (χ0) is 17.7. The van der Waals surface area contributed by atoms with Crippen LogP contribution >= 0.6 is 11.3 Å². The third kappa shape index (κ3) is 2.14. The molecule has 1 N–H and O–H groups in total. The van der Waals surface area contributed by atoms with Crippen molar-refractivity contribution in [2.24, 2.45) is 0 Å². The van der Waals surface area contributed by atoms with E-state index in [1.807, 2.05) is 70.6 Å². The van der Waals surface area contributed by atoms with Gasteiger partial charge in [0.15, 0.2) is 0 Å². The molecule has 0 spiro atoms. The first kappa shape index (κ1) is 15.1. The minimum absolute atomic E-state index is 0.241. The second-order valence-corrected chi connectivity index (χ2v) is 7.07. The standard InChI is InChI=1S/C21H14N2O2S/c24-16-11-23-19(17(16)14-9-5-2-6-10-14)22-20(25)18-15(12-26-21(18)23)13-7-3-1-4-8-13/h1-10,12,24H,11H2. The monoisotopic (exact) mass is 358 g/mol. The Morgan fingerprint density at radius 1 is 0.962 bits per heavy atom. The average molecular weight is 358 g/mol. The third-order valence-electron chi connectivity index (χ3n) is 4.66. The minimum atomic E-state index is -0.255. The van der Waals surface area contributed by atoms with E-state index in [9.17, 15) is 9.90 Å². The number of aliphatic hydroxyl groups is 1. The van der Waals surface area contributed by atoms with Crippen molar-refractivity contribution in [1.29, 1.82) is 0 Å². The maximum absolute atomic E-state index is 12.9. The number of fused-ring (bicyclic) bond motifs is 3. The van der Waals surface area contributed by atoms with E-state index in [1.165, 1.54) is 11.3 Å². The van der Waals surface area contributed by atoms with Gasteiger partial charge in [-0.15, -0.1) is 11.3 Å². The van der Waals surface area contributed by atoms with E-state index in [1.54, 1.807) is 0 Å². The van der Waals surface area contributed by atoms with Crippen LogP contribution in [0.2, 0.25) is 0 Å². The first-order valence-electron chi connectivity index (χ1n) is 8.29. The van der Waals surface area contributed by atoms with E-state index < -0.39 is 0 Å². The SMILES string of the molecule is O=c1nc2n(c3scc(-c4ccccc4)c13)CC(O)=C2c1ccccc1. The van der Waals surface area contributed by atoms with E-state index in [-0.39, 0.29) is 11.3 Å². The molecule has 2 aromatic carbocycles.